The molecule has 0 spiro atoms. The Morgan fingerprint density at radius 1 is 1.25 bits per heavy atom. The Morgan fingerprint density at radius 2 is 1.85 bits per heavy atom. The number of carbonyl (C=O) groups is 2. The maximum Gasteiger partial charge on any atom is 0.331 e. The third-order valence-corrected chi connectivity index (χ3v) is 4.65. The largest absolute Gasteiger partial charge is 0.465 e. The van der Waals surface area contributed by atoms with Crippen molar-refractivity contribution in [3.05, 3.63) is 0 Å². The van der Waals surface area contributed by atoms with Crippen LogP contribution in [-0.2, 0) is 19.2 Å². The van der Waals surface area contributed by atoms with Gasteiger partial charge in [0.25, 0.3) is 0 Å². The summed E-state index contributed by atoms with van der Waals surface area (Å²) in [5, 5.41) is 4.01. The molecule has 5 nitrogen and oxygen atoms in total. The monoisotopic (exact) mass is 283 g/mol. The third-order valence-electron chi connectivity index (χ3n) is 4.65. The first-order valence-electron chi connectivity index (χ1n) is 6.98. The summed E-state index contributed by atoms with van der Waals surface area (Å²) < 4.78 is 5.22. The molecule has 1 saturated carbocycles. The fourth-order valence-electron chi connectivity index (χ4n) is 2.78. The summed E-state index contributed by atoms with van der Waals surface area (Å²) in [7, 11) is 0. The van der Waals surface area contributed by atoms with Gasteiger partial charge in [-0.15, -0.1) is 0 Å². The van der Waals surface area contributed by atoms with E-state index in [4.69, 9.17) is 9.57 Å². The second-order valence-corrected chi connectivity index (χ2v) is 6.53. The van der Waals surface area contributed by atoms with Crippen molar-refractivity contribution in [2.45, 2.75) is 54.4 Å². The molecule has 0 radical (unpaired) electrons. The van der Waals surface area contributed by atoms with Crippen LogP contribution < -0.4 is 0 Å². The Hall–Kier alpha value is -1.39. The Balaban J connectivity index is 3.06. The maximum atomic E-state index is 11.1. The van der Waals surface area contributed by atoms with Gasteiger partial charge < -0.3 is 9.57 Å². The first kappa shape index (κ1) is 16.7. The Kier molecular flexibility index (Phi) is 4.95. The van der Waals surface area contributed by atoms with E-state index in [0.29, 0.717) is 0 Å². The highest BCUT2D eigenvalue weighted by Gasteiger charge is 2.49. The van der Waals surface area contributed by atoms with Gasteiger partial charge in [0.05, 0.1) is 5.71 Å². The number of hydrogen-bond acceptors (Lipinski definition) is 5. The summed E-state index contributed by atoms with van der Waals surface area (Å²) in [6.07, 6.45) is 1.70. The van der Waals surface area contributed by atoms with E-state index in [1.807, 2.05) is 6.92 Å². The van der Waals surface area contributed by atoms with Crippen molar-refractivity contribution in [1.82, 2.24) is 0 Å². The van der Waals surface area contributed by atoms with Gasteiger partial charge in [-0.1, -0.05) is 32.9 Å². The predicted octanol–water partition coefficient (Wildman–Crippen LogP) is 2.93. The van der Waals surface area contributed by atoms with E-state index in [9.17, 15) is 9.59 Å². The minimum absolute atomic E-state index is 0.115. The SMILES string of the molecule is CC(=O)OC[C@]1(C)/C(=N/OC(C)=O)CCC(C)(C)[C@H]1C. The summed E-state index contributed by atoms with van der Waals surface area (Å²) in [6.45, 7) is 11.5. The molecule has 0 heterocycles. The first-order valence-corrected chi connectivity index (χ1v) is 6.98. The fraction of sp³-hybridized carbons (Fsp3) is 0.800. The van der Waals surface area contributed by atoms with Crippen LogP contribution in [0.15, 0.2) is 5.16 Å². The Morgan fingerprint density at radius 3 is 2.35 bits per heavy atom. The molecular weight excluding hydrogens is 258 g/mol. The Labute approximate surface area is 120 Å². The standard InChI is InChI=1S/C15H25NO4/c1-10-14(4,5)8-7-13(16-20-12(3)18)15(10,6)9-19-11(2)17/h10H,7-9H2,1-6H3/b16-13+/t10-,15+/m1/s1. The van der Waals surface area contributed by atoms with Gasteiger partial charge in [0.1, 0.15) is 6.61 Å². The van der Waals surface area contributed by atoms with Gasteiger partial charge in [-0.25, -0.2) is 4.79 Å². The van der Waals surface area contributed by atoms with Crippen LogP contribution in [-0.4, -0.2) is 24.3 Å². The average Bonchev–Trinajstić information content (AvgIpc) is 2.33. The number of nitrogens with zero attached hydrogens (tertiary/aromatic N) is 1. The van der Waals surface area contributed by atoms with Gasteiger partial charge >= 0.3 is 11.9 Å². The zero-order valence-electron chi connectivity index (χ0n) is 13.3. The molecule has 0 aromatic heterocycles. The summed E-state index contributed by atoms with van der Waals surface area (Å²) >= 11 is 0. The molecule has 2 atom stereocenters. The van der Waals surface area contributed by atoms with Gasteiger partial charge in [-0.05, 0) is 24.2 Å². The lowest BCUT2D eigenvalue weighted by molar-refractivity contribution is -0.146. The van der Waals surface area contributed by atoms with Gasteiger partial charge in [0.2, 0.25) is 0 Å². The molecule has 0 aromatic rings. The maximum absolute atomic E-state index is 11.1. The van der Waals surface area contributed by atoms with E-state index in [-0.39, 0.29) is 23.9 Å². The molecule has 0 aliphatic heterocycles. The highest BCUT2D eigenvalue weighted by molar-refractivity contribution is 5.91. The van der Waals surface area contributed by atoms with Crippen LogP contribution in [0.4, 0.5) is 0 Å². The smallest absolute Gasteiger partial charge is 0.331 e. The van der Waals surface area contributed by atoms with E-state index >= 15 is 0 Å². The van der Waals surface area contributed by atoms with Gasteiger partial charge in [0.15, 0.2) is 0 Å². The molecule has 1 rings (SSSR count). The molecular formula is C15H25NO4. The third kappa shape index (κ3) is 3.58. The van der Waals surface area contributed by atoms with Crippen molar-refractivity contribution in [1.29, 1.82) is 0 Å². The highest BCUT2D eigenvalue weighted by atomic mass is 16.7. The molecule has 0 bridgehead atoms. The Bertz CT molecular complexity index is 428. The molecule has 20 heavy (non-hydrogen) atoms. The van der Waals surface area contributed by atoms with E-state index in [0.717, 1.165) is 18.6 Å². The summed E-state index contributed by atoms with van der Waals surface area (Å²) in [5.41, 5.74) is 0.494. The molecule has 114 valence electrons. The molecule has 1 fully saturated rings. The lowest BCUT2D eigenvalue weighted by Gasteiger charge is -2.49. The zero-order chi connectivity index (χ0) is 15.6. The van der Waals surface area contributed by atoms with Crippen LogP contribution in [0.3, 0.4) is 0 Å². The summed E-state index contributed by atoms with van der Waals surface area (Å²) in [6, 6.07) is 0. The second kappa shape index (κ2) is 5.94. The molecule has 0 saturated heterocycles. The molecule has 1 aliphatic carbocycles. The van der Waals surface area contributed by atoms with E-state index in [1.54, 1.807) is 0 Å². The molecule has 0 unspecified atom stereocenters. The van der Waals surface area contributed by atoms with Crippen molar-refractivity contribution in [2.24, 2.45) is 21.9 Å². The van der Waals surface area contributed by atoms with Gasteiger partial charge in [0, 0.05) is 19.3 Å². The first-order chi connectivity index (χ1) is 9.09. The minimum atomic E-state index is -0.440. The zero-order valence-corrected chi connectivity index (χ0v) is 13.3. The van der Waals surface area contributed by atoms with Crippen molar-refractivity contribution in [3.63, 3.8) is 0 Å². The molecule has 5 heteroatoms. The molecule has 0 amide bonds. The van der Waals surface area contributed by atoms with Crippen LogP contribution >= 0.6 is 0 Å². The van der Waals surface area contributed by atoms with Crippen molar-refractivity contribution in [3.8, 4) is 0 Å². The normalized spacial score (nSPS) is 30.9. The number of hydrogen-bond donors (Lipinski definition) is 0. The van der Waals surface area contributed by atoms with E-state index in [2.05, 4.69) is 25.9 Å². The number of rotatable bonds is 3. The molecule has 0 aromatic carbocycles. The lowest BCUT2D eigenvalue weighted by Crippen LogP contribution is -2.49. The minimum Gasteiger partial charge on any atom is -0.465 e. The predicted molar refractivity (Wildman–Crippen MR) is 76.1 cm³/mol. The lowest BCUT2D eigenvalue weighted by atomic mass is 9.56. The number of carbonyl (C=O) groups excluding carboxylic acids is 2. The van der Waals surface area contributed by atoms with Crippen LogP contribution in [0.2, 0.25) is 0 Å². The summed E-state index contributed by atoms with van der Waals surface area (Å²) in [5.74, 6) is -0.504. The second-order valence-electron chi connectivity index (χ2n) is 6.53. The number of esters is 1. The van der Waals surface area contributed by atoms with Crippen LogP contribution in [0.5, 0.6) is 0 Å². The number of ether oxygens (including phenoxy) is 1. The number of oxime groups is 1. The van der Waals surface area contributed by atoms with Crippen LogP contribution in [0.25, 0.3) is 0 Å². The van der Waals surface area contributed by atoms with Gasteiger partial charge in [-0.2, -0.15) is 0 Å². The highest BCUT2D eigenvalue weighted by Crippen LogP contribution is 2.49. The van der Waals surface area contributed by atoms with E-state index in [1.165, 1.54) is 13.8 Å². The quantitative estimate of drug-likeness (QED) is 0.454. The average molecular weight is 283 g/mol. The topological polar surface area (TPSA) is 65.0 Å². The van der Waals surface area contributed by atoms with Gasteiger partial charge in [-0.3, -0.25) is 4.79 Å². The fourth-order valence-corrected chi connectivity index (χ4v) is 2.78. The van der Waals surface area contributed by atoms with Crippen molar-refractivity contribution in [2.75, 3.05) is 6.61 Å². The molecule has 1 aliphatic rings. The van der Waals surface area contributed by atoms with E-state index < -0.39 is 11.4 Å². The van der Waals surface area contributed by atoms with Crippen LogP contribution in [0.1, 0.15) is 54.4 Å². The van der Waals surface area contributed by atoms with Crippen molar-refractivity contribution >= 4 is 17.7 Å². The van der Waals surface area contributed by atoms with Crippen molar-refractivity contribution < 1.29 is 19.2 Å². The summed E-state index contributed by atoms with van der Waals surface area (Å²) in [4.78, 5) is 26.9. The van der Waals surface area contributed by atoms with Crippen LogP contribution in [0, 0.1) is 16.7 Å². The molecule has 0 N–H and O–H groups in total.